The van der Waals surface area contributed by atoms with Gasteiger partial charge in [-0.2, -0.15) is 0 Å². The van der Waals surface area contributed by atoms with Crippen molar-refractivity contribution in [3.63, 3.8) is 0 Å². The van der Waals surface area contributed by atoms with Crippen molar-refractivity contribution in [2.24, 2.45) is 0 Å². The smallest absolute Gasteiger partial charge is 0.0539 e. The molecule has 0 spiro atoms. The molecule has 0 heterocycles. The first kappa shape index (κ1) is 8.70. The van der Waals surface area contributed by atoms with Crippen molar-refractivity contribution in [1.29, 1.82) is 0 Å². The van der Waals surface area contributed by atoms with Gasteiger partial charge in [-0.3, -0.25) is 0 Å². The van der Waals surface area contributed by atoms with E-state index >= 15 is 0 Å². The molecule has 0 aromatic rings. The molecule has 9 heavy (non-hydrogen) atoms. The van der Waals surface area contributed by atoms with Crippen molar-refractivity contribution >= 4 is 9.52 Å². The van der Waals surface area contributed by atoms with E-state index in [9.17, 15) is 0 Å². The third kappa shape index (κ3) is 5.57. The Labute approximate surface area is 60.5 Å². The molecule has 0 rings (SSSR count). The van der Waals surface area contributed by atoms with E-state index in [1.54, 1.807) is 0 Å². The van der Waals surface area contributed by atoms with Crippen molar-refractivity contribution in [2.75, 3.05) is 0 Å². The van der Waals surface area contributed by atoms with Crippen LogP contribution in [0.1, 0.15) is 20.3 Å². The van der Waals surface area contributed by atoms with Gasteiger partial charge in [-0.25, -0.2) is 0 Å². The Hall–Kier alpha value is -0.303. The summed E-state index contributed by atoms with van der Waals surface area (Å²) in [6.07, 6.45) is 5.54. The molecule has 0 saturated carbocycles. The summed E-state index contributed by atoms with van der Waals surface area (Å²) in [6.45, 7) is 8.24. The molecule has 0 fully saturated rings. The van der Waals surface area contributed by atoms with Gasteiger partial charge >= 0.3 is 0 Å². The second kappa shape index (κ2) is 5.83. The van der Waals surface area contributed by atoms with E-state index in [2.05, 4.69) is 25.7 Å². The van der Waals surface area contributed by atoms with E-state index in [0.717, 1.165) is 0 Å². The quantitative estimate of drug-likeness (QED) is 0.414. The lowest BCUT2D eigenvalue weighted by molar-refractivity contribution is 1.08. The first-order valence-corrected chi connectivity index (χ1v) is 5.32. The van der Waals surface area contributed by atoms with Gasteiger partial charge in [0.2, 0.25) is 0 Å². The predicted octanol–water partition coefficient (Wildman–Crippen LogP) is 2.07. The van der Waals surface area contributed by atoms with E-state index in [-0.39, 0.29) is 9.52 Å². The maximum atomic E-state index is 3.96. The zero-order valence-electron chi connectivity index (χ0n) is 6.48. The van der Waals surface area contributed by atoms with Crippen LogP contribution in [0.5, 0.6) is 0 Å². The van der Waals surface area contributed by atoms with Crippen LogP contribution in [-0.4, -0.2) is 9.52 Å². The fourth-order valence-electron chi connectivity index (χ4n) is 0.723. The van der Waals surface area contributed by atoms with Crippen LogP contribution in [-0.2, 0) is 0 Å². The first-order valence-electron chi connectivity index (χ1n) is 3.61. The van der Waals surface area contributed by atoms with Crippen LogP contribution in [0.3, 0.4) is 0 Å². The van der Waals surface area contributed by atoms with Crippen LogP contribution >= 0.6 is 0 Å². The summed E-state index contributed by atoms with van der Waals surface area (Å²) >= 11 is 0. The molecule has 0 radical (unpaired) electrons. The predicted molar refractivity (Wildman–Crippen MR) is 47.6 cm³/mol. The molecule has 0 N–H and O–H groups in total. The first-order chi connectivity index (χ1) is 4.31. The van der Waals surface area contributed by atoms with Crippen molar-refractivity contribution in [2.45, 2.75) is 26.3 Å². The summed E-state index contributed by atoms with van der Waals surface area (Å²) < 4.78 is 0. The molecule has 0 bridgehead atoms. The second-order valence-electron chi connectivity index (χ2n) is 2.26. The minimum absolute atomic E-state index is 0.0434. The van der Waals surface area contributed by atoms with E-state index in [4.69, 9.17) is 0 Å². The van der Waals surface area contributed by atoms with Gasteiger partial charge in [0.05, 0.1) is 9.52 Å². The Morgan fingerprint density at radius 2 is 2.33 bits per heavy atom. The van der Waals surface area contributed by atoms with Gasteiger partial charge in [-0.05, 0) is 6.92 Å². The summed E-state index contributed by atoms with van der Waals surface area (Å²) in [5.74, 6) is 0. The fourth-order valence-corrected chi connectivity index (χ4v) is 1.93. The van der Waals surface area contributed by atoms with Gasteiger partial charge in [-0.15, -0.1) is 6.58 Å². The third-order valence-electron chi connectivity index (χ3n) is 1.25. The minimum atomic E-state index is 0.0434. The number of allylic oxidation sites excluding steroid dienone is 3. The summed E-state index contributed by atoms with van der Waals surface area (Å²) in [6, 6.07) is 1.41. The molecule has 0 aromatic heterocycles. The molecular formula is C8H16Si. The van der Waals surface area contributed by atoms with Crippen LogP contribution in [0, 0.1) is 0 Å². The highest BCUT2D eigenvalue weighted by Gasteiger charge is 1.86. The Morgan fingerprint density at radius 3 is 2.78 bits per heavy atom. The van der Waals surface area contributed by atoms with Crippen molar-refractivity contribution < 1.29 is 0 Å². The van der Waals surface area contributed by atoms with Gasteiger partial charge in [0.1, 0.15) is 0 Å². The topological polar surface area (TPSA) is 0 Å². The standard InChI is InChI=1S/C8H16Si/c1-4-6-8(3)9-7-5-2/h4,6H,3,5,7,9H2,1-2H3. The molecule has 0 aliphatic heterocycles. The number of rotatable bonds is 4. The number of hydrogen-bond acceptors (Lipinski definition) is 0. The average molecular weight is 140 g/mol. The van der Waals surface area contributed by atoms with Gasteiger partial charge < -0.3 is 0 Å². The summed E-state index contributed by atoms with van der Waals surface area (Å²) in [4.78, 5) is 0. The van der Waals surface area contributed by atoms with Crippen LogP contribution in [0.15, 0.2) is 23.9 Å². The van der Waals surface area contributed by atoms with Crippen LogP contribution in [0.2, 0.25) is 6.04 Å². The normalized spacial score (nSPS) is 11.8. The lowest BCUT2D eigenvalue weighted by atomic mass is 10.5. The Morgan fingerprint density at radius 1 is 1.67 bits per heavy atom. The molecule has 0 aromatic carbocycles. The average Bonchev–Trinajstić information content (AvgIpc) is 1.85. The van der Waals surface area contributed by atoms with E-state index < -0.39 is 0 Å². The molecule has 1 heteroatoms. The van der Waals surface area contributed by atoms with E-state index in [0.29, 0.717) is 0 Å². The van der Waals surface area contributed by atoms with Crippen molar-refractivity contribution in [3.05, 3.63) is 23.9 Å². The lowest BCUT2D eigenvalue weighted by Crippen LogP contribution is -1.89. The molecule has 0 amide bonds. The zero-order valence-corrected chi connectivity index (χ0v) is 7.90. The Balaban J connectivity index is 3.27. The highest BCUT2D eigenvalue weighted by molar-refractivity contribution is 6.46. The van der Waals surface area contributed by atoms with Gasteiger partial charge in [-0.1, -0.05) is 36.7 Å². The summed E-state index contributed by atoms with van der Waals surface area (Å²) in [5.41, 5.74) is 0. The summed E-state index contributed by atoms with van der Waals surface area (Å²) in [5, 5.41) is 1.39. The molecule has 0 saturated heterocycles. The zero-order chi connectivity index (χ0) is 7.11. The molecule has 52 valence electrons. The van der Waals surface area contributed by atoms with Crippen molar-refractivity contribution in [3.8, 4) is 0 Å². The molecule has 0 aliphatic rings. The van der Waals surface area contributed by atoms with E-state index in [1.807, 2.05) is 6.92 Å². The molecule has 0 unspecified atom stereocenters. The molecule has 0 atom stereocenters. The summed E-state index contributed by atoms with van der Waals surface area (Å²) in [7, 11) is 0.0434. The second-order valence-corrected chi connectivity index (χ2v) is 4.38. The minimum Gasteiger partial charge on any atom is -0.100 e. The maximum absolute atomic E-state index is 3.96. The molecule has 0 nitrogen and oxygen atoms in total. The molecular weight excluding hydrogens is 124 g/mol. The Kier molecular flexibility index (Phi) is 5.63. The largest absolute Gasteiger partial charge is 0.100 e. The monoisotopic (exact) mass is 140 g/mol. The number of hydrogen-bond donors (Lipinski definition) is 0. The SMILES string of the molecule is C=C(C=CC)[SiH2]CCC. The lowest BCUT2D eigenvalue weighted by Gasteiger charge is -1.93. The van der Waals surface area contributed by atoms with Gasteiger partial charge in [0, 0.05) is 0 Å². The highest BCUT2D eigenvalue weighted by atomic mass is 28.2. The van der Waals surface area contributed by atoms with E-state index in [1.165, 1.54) is 17.7 Å². The van der Waals surface area contributed by atoms with Gasteiger partial charge in [0.25, 0.3) is 0 Å². The fraction of sp³-hybridized carbons (Fsp3) is 0.500. The van der Waals surface area contributed by atoms with Gasteiger partial charge in [0.15, 0.2) is 0 Å². The van der Waals surface area contributed by atoms with Crippen LogP contribution in [0.25, 0.3) is 0 Å². The van der Waals surface area contributed by atoms with Crippen molar-refractivity contribution in [1.82, 2.24) is 0 Å². The highest BCUT2D eigenvalue weighted by Crippen LogP contribution is 1.95. The van der Waals surface area contributed by atoms with Crippen LogP contribution < -0.4 is 0 Å². The van der Waals surface area contributed by atoms with Crippen LogP contribution in [0.4, 0.5) is 0 Å². The molecule has 0 aliphatic carbocycles. The Bertz CT molecular complexity index is 103. The maximum Gasteiger partial charge on any atom is 0.0539 e. The third-order valence-corrected chi connectivity index (χ3v) is 3.19.